The van der Waals surface area contributed by atoms with Crippen molar-refractivity contribution < 1.29 is 22.7 Å². The van der Waals surface area contributed by atoms with Gasteiger partial charge in [0.2, 0.25) is 10.0 Å². The third-order valence-electron chi connectivity index (χ3n) is 6.63. The highest BCUT2D eigenvalue weighted by molar-refractivity contribution is 7.89. The highest BCUT2D eigenvalue weighted by Crippen LogP contribution is 2.27. The molecule has 0 spiro atoms. The molecule has 2 fully saturated rings. The highest BCUT2D eigenvalue weighted by atomic mass is 32.2. The van der Waals surface area contributed by atoms with Crippen LogP contribution in [0.5, 0.6) is 0 Å². The zero-order valence-corrected chi connectivity index (χ0v) is 19.3. The summed E-state index contributed by atoms with van der Waals surface area (Å²) in [5.41, 5.74) is 0.122. The molecule has 1 amide bonds. The molecule has 1 aromatic rings. The number of nitrogens with zero attached hydrogens (tertiary/aromatic N) is 1. The maximum absolute atomic E-state index is 13.0. The summed E-state index contributed by atoms with van der Waals surface area (Å²) in [5, 5.41) is 2.94. The maximum Gasteiger partial charge on any atom is 0.338 e. The van der Waals surface area contributed by atoms with Gasteiger partial charge in [0.05, 0.1) is 10.5 Å². The first-order valence-corrected chi connectivity index (χ1v) is 12.8. The lowest BCUT2D eigenvalue weighted by molar-refractivity contribution is -0.125. The van der Waals surface area contributed by atoms with Crippen LogP contribution in [0.25, 0.3) is 0 Å². The van der Waals surface area contributed by atoms with Gasteiger partial charge in [-0.3, -0.25) is 4.79 Å². The van der Waals surface area contributed by atoms with E-state index in [2.05, 4.69) is 12.2 Å². The summed E-state index contributed by atoms with van der Waals surface area (Å²) >= 11 is 0. The lowest BCUT2D eigenvalue weighted by atomic mass is 9.86. The fourth-order valence-corrected chi connectivity index (χ4v) is 6.05. The zero-order chi connectivity index (χ0) is 22.4. The normalized spacial score (nSPS) is 22.8. The second-order valence-corrected chi connectivity index (χ2v) is 10.9. The SMILES string of the molecule is C[C@H]1CCCC[C@H]1NC(=O)COC(=O)c1cccc(S(=O)(=O)N(C)C2CCCCC2)c1. The molecule has 2 saturated carbocycles. The molecule has 0 saturated heterocycles. The van der Waals surface area contributed by atoms with E-state index in [9.17, 15) is 18.0 Å². The number of amides is 1. The molecule has 8 heteroatoms. The van der Waals surface area contributed by atoms with Gasteiger partial charge in [0.15, 0.2) is 6.61 Å². The van der Waals surface area contributed by atoms with Crippen molar-refractivity contribution >= 4 is 21.9 Å². The molecule has 7 nitrogen and oxygen atoms in total. The van der Waals surface area contributed by atoms with Gasteiger partial charge in [-0.2, -0.15) is 4.31 Å². The van der Waals surface area contributed by atoms with Crippen molar-refractivity contribution in [2.75, 3.05) is 13.7 Å². The highest BCUT2D eigenvalue weighted by Gasteiger charge is 2.29. The van der Waals surface area contributed by atoms with Gasteiger partial charge in [0, 0.05) is 19.1 Å². The number of sulfonamides is 1. The molecule has 3 rings (SSSR count). The summed E-state index contributed by atoms with van der Waals surface area (Å²) in [6, 6.07) is 5.95. The molecular weight excluding hydrogens is 416 g/mol. The average Bonchev–Trinajstić information content (AvgIpc) is 2.79. The Balaban J connectivity index is 1.59. The van der Waals surface area contributed by atoms with Gasteiger partial charge in [-0.25, -0.2) is 13.2 Å². The standard InChI is InChI=1S/C23H34N2O5S/c1-17-9-6-7-14-21(17)24-22(26)16-30-23(27)18-10-8-13-20(15-18)31(28,29)25(2)19-11-4-3-5-12-19/h8,10,13,15,17,19,21H,3-7,9,11-12,14,16H2,1-2H3,(H,24,26)/t17-,21+/m0/s1. The molecule has 0 aromatic heterocycles. The van der Waals surface area contributed by atoms with E-state index >= 15 is 0 Å². The third-order valence-corrected chi connectivity index (χ3v) is 8.53. The molecule has 0 bridgehead atoms. The summed E-state index contributed by atoms with van der Waals surface area (Å²) in [7, 11) is -2.10. The minimum absolute atomic E-state index is 0.0137. The smallest absolute Gasteiger partial charge is 0.338 e. The maximum atomic E-state index is 13.0. The summed E-state index contributed by atoms with van der Waals surface area (Å²) in [5.74, 6) is -0.617. The molecule has 31 heavy (non-hydrogen) atoms. The first-order valence-electron chi connectivity index (χ1n) is 11.3. The Labute approximate surface area is 185 Å². The predicted octanol–water partition coefficient (Wildman–Crippen LogP) is 3.49. The van der Waals surface area contributed by atoms with Crippen LogP contribution in [0.15, 0.2) is 29.2 Å². The molecule has 0 unspecified atom stereocenters. The van der Waals surface area contributed by atoms with E-state index in [0.717, 1.165) is 51.4 Å². The number of carbonyl (C=O) groups excluding carboxylic acids is 2. The number of hydrogen-bond acceptors (Lipinski definition) is 5. The Morgan fingerprint density at radius 2 is 1.74 bits per heavy atom. The molecular formula is C23H34N2O5S. The van der Waals surface area contributed by atoms with Gasteiger partial charge in [-0.15, -0.1) is 0 Å². The largest absolute Gasteiger partial charge is 0.452 e. The van der Waals surface area contributed by atoms with Crippen LogP contribution in [0.4, 0.5) is 0 Å². The van der Waals surface area contributed by atoms with Crippen LogP contribution in [-0.2, 0) is 19.6 Å². The van der Waals surface area contributed by atoms with E-state index in [4.69, 9.17) is 4.74 Å². The van der Waals surface area contributed by atoms with E-state index in [1.165, 1.54) is 35.0 Å². The minimum Gasteiger partial charge on any atom is -0.452 e. The van der Waals surface area contributed by atoms with Crippen LogP contribution < -0.4 is 5.32 Å². The molecule has 0 aliphatic heterocycles. The minimum atomic E-state index is -3.70. The van der Waals surface area contributed by atoms with Crippen LogP contribution in [0.1, 0.15) is 75.1 Å². The number of nitrogens with one attached hydrogen (secondary N) is 1. The topological polar surface area (TPSA) is 92.8 Å². The second kappa shape index (κ2) is 10.6. The molecule has 2 atom stereocenters. The number of hydrogen-bond donors (Lipinski definition) is 1. The number of esters is 1. The van der Waals surface area contributed by atoms with Gasteiger partial charge in [-0.05, 0) is 49.8 Å². The van der Waals surface area contributed by atoms with Crippen LogP contribution in [0.2, 0.25) is 0 Å². The molecule has 2 aliphatic rings. The molecule has 172 valence electrons. The molecule has 1 N–H and O–H groups in total. The lowest BCUT2D eigenvalue weighted by Crippen LogP contribution is -2.42. The summed E-state index contributed by atoms with van der Waals surface area (Å²) in [4.78, 5) is 24.7. The summed E-state index contributed by atoms with van der Waals surface area (Å²) in [6.07, 6.45) is 9.19. The monoisotopic (exact) mass is 450 g/mol. The van der Waals surface area contributed by atoms with Crippen LogP contribution >= 0.6 is 0 Å². The van der Waals surface area contributed by atoms with Crippen LogP contribution in [0, 0.1) is 5.92 Å². The Morgan fingerprint density at radius 3 is 2.45 bits per heavy atom. The Bertz CT molecular complexity index is 880. The first-order chi connectivity index (χ1) is 14.8. The fourth-order valence-electron chi connectivity index (χ4n) is 4.58. The number of benzene rings is 1. The quantitative estimate of drug-likeness (QED) is 0.642. The fraction of sp³-hybridized carbons (Fsp3) is 0.652. The number of ether oxygens (including phenoxy) is 1. The van der Waals surface area contributed by atoms with E-state index in [1.54, 1.807) is 7.05 Å². The van der Waals surface area contributed by atoms with Crippen molar-refractivity contribution in [2.45, 2.75) is 81.7 Å². The molecule has 2 aliphatic carbocycles. The molecule has 1 aromatic carbocycles. The summed E-state index contributed by atoms with van der Waals surface area (Å²) < 4.78 is 32.6. The van der Waals surface area contributed by atoms with Crippen molar-refractivity contribution in [3.63, 3.8) is 0 Å². The molecule has 0 radical (unpaired) electrons. The number of rotatable bonds is 7. The number of carbonyl (C=O) groups is 2. The van der Waals surface area contributed by atoms with Crippen molar-refractivity contribution in [1.82, 2.24) is 9.62 Å². The predicted molar refractivity (Wildman–Crippen MR) is 118 cm³/mol. The van der Waals surface area contributed by atoms with E-state index in [-0.39, 0.29) is 35.1 Å². The van der Waals surface area contributed by atoms with Crippen LogP contribution in [-0.4, -0.2) is 50.3 Å². The van der Waals surface area contributed by atoms with Crippen molar-refractivity contribution in [3.05, 3.63) is 29.8 Å². The first kappa shape index (κ1) is 23.7. The van der Waals surface area contributed by atoms with Crippen molar-refractivity contribution in [1.29, 1.82) is 0 Å². The van der Waals surface area contributed by atoms with E-state index in [1.807, 2.05) is 0 Å². The Hall–Kier alpha value is -1.93. The second-order valence-electron chi connectivity index (χ2n) is 8.85. The van der Waals surface area contributed by atoms with Crippen molar-refractivity contribution in [2.24, 2.45) is 5.92 Å². The van der Waals surface area contributed by atoms with Gasteiger partial charge < -0.3 is 10.1 Å². The third kappa shape index (κ3) is 6.07. The lowest BCUT2D eigenvalue weighted by Gasteiger charge is -2.30. The van der Waals surface area contributed by atoms with Crippen LogP contribution in [0.3, 0.4) is 0 Å². The van der Waals surface area contributed by atoms with Gasteiger partial charge >= 0.3 is 5.97 Å². The average molecular weight is 451 g/mol. The van der Waals surface area contributed by atoms with Gasteiger partial charge in [0.25, 0.3) is 5.91 Å². The van der Waals surface area contributed by atoms with Gasteiger partial charge in [-0.1, -0.05) is 45.1 Å². The summed E-state index contributed by atoms with van der Waals surface area (Å²) in [6.45, 7) is 1.74. The van der Waals surface area contributed by atoms with E-state index < -0.39 is 16.0 Å². The molecule has 0 heterocycles. The Morgan fingerprint density at radius 1 is 1.06 bits per heavy atom. The van der Waals surface area contributed by atoms with Crippen molar-refractivity contribution in [3.8, 4) is 0 Å². The Kier molecular flexibility index (Phi) is 8.11. The van der Waals surface area contributed by atoms with Gasteiger partial charge in [0.1, 0.15) is 0 Å². The van der Waals surface area contributed by atoms with E-state index in [0.29, 0.717) is 5.92 Å². The zero-order valence-electron chi connectivity index (χ0n) is 18.5.